The summed E-state index contributed by atoms with van der Waals surface area (Å²) in [5.74, 6) is 2.13. The smallest absolute Gasteiger partial charge is 0.249 e. The molecule has 1 amide bonds. The van der Waals surface area contributed by atoms with Gasteiger partial charge in [0.1, 0.15) is 12.6 Å². The van der Waals surface area contributed by atoms with E-state index in [0.717, 1.165) is 11.3 Å². The van der Waals surface area contributed by atoms with Gasteiger partial charge in [-0.2, -0.15) is 0 Å². The molecule has 1 fully saturated rings. The van der Waals surface area contributed by atoms with Crippen molar-refractivity contribution >= 4 is 17.6 Å². The maximum absolute atomic E-state index is 12.3. The van der Waals surface area contributed by atoms with Gasteiger partial charge in [0.15, 0.2) is 11.5 Å². The first-order valence-electron chi connectivity index (χ1n) is 9.03. The number of guanidine groups is 1. The van der Waals surface area contributed by atoms with Crippen LogP contribution >= 0.6 is 0 Å². The monoisotopic (exact) mass is 369 g/mol. The first-order valence-corrected chi connectivity index (χ1v) is 9.03. The molecule has 0 bridgehead atoms. The first-order chi connectivity index (χ1) is 13.1. The third-order valence-electron chi connectivity index (χ3n) is 4.87. The Morgan fingerprint density at radius 1 is 1.37 bits per heavy atom. The number of hydrogen-bond acceptors (Lipinski definition) is 6. The standard InChI is InChI=1S/C19H23N5O3/c1-12(2)16-18(25)22-19-21-14-4-5-15(17(26-3)13(14)10-24(16)19)27-9-8-23-7-6-20-11-23/h4-7,11-12,16H,8-10H2,1-3H3,(H,21,22,25). The number of methoxy groups -OCH3 is 1. The molecule has 3 heterocycles. The van der Waals surface area contributed by atoms with Crippen molar-refractivity contribution in [3.63, 3.8) is 0 Å². The number of nitrogens with one attached hydrogen (secondary N) is 1. The van der Waals surface area contributed by atoms with Gasteiger partial charge in [-0.1, -0.05) is 13.8 Å². The maximum atomic E-state index is 12.3. The number of amides is 1. The lowest BCUT2D eigenvalue weighted by Crippen LogP contribution is -2.40. The van der Waals surface area contributed by atoms with Crippen LogP contribution in [0.15, 0.2) is 35.8 Å². The minimum atomic E-state index is -0.229. The van der Waals surface area contributed by atoms with Crippen LogP contribution in [0.5, 0.6) is 11.5 Å². The number of hydrogen-bond donors (Lipinski definition) is 1. The van der Waals surface area contributed by atoms with E-state index in [1.807, 2.05) is 41.6 Å². The van der Waals surface area contributed by atoms with Crippen molar-refractivity contribution in [1.29, 1.82) is 0 Å². The second-order valence-corrected chi connectivity index (χ2v) is 6.99. The molecule has 4 rings (SSSR count). The molecule has 1 N–H and O–H groups in total. The van der Waals surface area contributed by atoms with Crippen LogP contribution < -0.4 is 14.8 Å². The summed E-state index contributed by atoms with van der Waals surface area (Å²) in [4.78, 5) is 23.0. The molecular formula is C19H23N5O3. The zero-order valence-corrected chi connectivity index (χ0v) is 15.7. The summed E-state index contributed by atoms with van der Waals surface area (Å²) in [5.41, 5.74) is 1.73. The number of aromatic nitrogens is 2. The molecule has 27 heavy (non-hydrogen) atoms. The molecule has 1 atom stereocenters. The van der Waals surface area contributed by atoms with E-state index < -0.39 is 0 Å². The second kappa shape index (κ2) is 6.94. The Morgan fingerprint density at radius 2 is 2.22 bits per heavy atom. The summed E-state index contributed by atoms with van der Waals surface area (Å²) in [6.07, 6.45) is 5.39. The number of benzene rings is 1. The minimum absolute atomic E-state index is 0.00710. The van der Waals surface area contributed by atoms with Crippen LogP contribution in [-0.2, 0) is 17.9 Å². The summed E-state index contributed by atoms with van der Waals surface area (Å²) in [6.45, 7) is 5.82. The highest BCUT2D eigenvalue weighted by molar-refractivity contribution is 6.08. The van der Waals surface area contributed by atoms with Gasteiger partial charge >= 0.3 is 0 Å². The molecule has 1 aromatic heterocycles. The summed E-state index contributed by atoms with van der Waals surface area (Å²) in [5, 5.41) is 2.89. The lowest BCUT2D eigenvalue weighted by molar-refractivity contribution is -0.122. The van der Waals surface area contributed by atoms with Gasteiger partial charge in [-0.25, -0.2) is 9.98 Å². The Labute approximate surface area is 157 Å². The second-order valence-electron chi connectivity index (χ2n) is 6.99. The van der Waals surface area contributed by atoms with Crippen LogP contribution in [0.2, 0.25) is 0 Å². The third kappa shape index (κ3) is 3.11. The Kier molecular flexibility index (Phi) is 4.47. The van der Waals surface area contributed by atoms with Gasteiger partial charge in [0.2, 0.25) is 11.9 Å². The van der Waals surface area contributed by atoms with Crippen LogP contribution in [0, 0.1) is 5.92 Å². The SMILES string of the molecule is COc1c(OCCn2ccnc2)ccc2c1CN1C(=N2)NC(=O)C1C(C)C. The molecule has 8 nitrogen and oxygen atoms in total. The van der Waals surface area contributed by atoms with Crippen LogP contribution in [0.4, 0.5) is 5.69 Å². The van der Waals surface area contributed by atoms with Crippen molar-refractivity contribution in [2.45, 2.75) is 33.0 Å². The summed E-state index contributed by atoms with van der Waals surface area (Å²) in [7, 11) is 1.63. The molecule has 0 radical (unpaired) electrons. The Hall–Kier alpha value is -3.03. The van der Waals surface area contributed by atoms with E-state index in [2.05, 4.69) is 15.3 Å². The summed E-state index contributed by atoms with van der Waals surface area (Å²) < 4.78 is 13.6. The molecule has 2 aliphatic heterocycles. The normalized spacial score (nSPS) is 18.1. The van der Waals surface area contributed by atoms with Gasteiger partial charge in [-0.15, -0.1) is 0 Å². The number of carbonyl (C=O) groups is 1. The number of fused-ring (bicyclic) bond motifs is 2. The van der Waals surface area contributed by atoms with Gasteiger partial charge in [0.05, 0.1) is 32.2 Å². The molecule has 8 heteroatoms. The molecule has 0 aliphatic carbocycles. The van der Waals surface area contributed by atoms with Crippen molar-refractivity contribution in [2.75, 3.05) is 13.7 Å². The largest absolute Gasteiger partial charge is 0.492 e. The van der Waals surface area contributed by atoms with Crippen LogP contribution in [-0.4, -0.2) is 46.1 Å². The zero-order chi connectivity index (χ0) is 19.0. The van der Waals surface area contributed by atoms with Gasteiger partial charge in [0, 0.05) is 18.0 Å². The number of ether oxygens (including phenoxy) is 2. The van der Waals surface area contributed by atoms with E-state index in [0.29, 0.717) is 37.2 Å². The number of aliphatic imine (C=N–C) groups is 1. The number of carbonyl (C=O) groups excluding carboxylic acids is 1. The molecule has 1 unspecified atom stereocenters. The van der Waals surface area contributed by atoms with Crippen molar-refractivity contribution in [1.82, 2.24) is 19.8 Å². The number of imidazole rings is 1. The van der Waals surface area contributed by atoms with Gasteiger partial charge in [0.25, 0.3) is 0 Å². The quantitative estimate of drug-likeness (QED) is 0.841. The molecule has 2 aromatic rings. The zero-order valence-electron chi connectivity index (χ0n) is 15.7. The number of nitrogens with zero attached hydrogens (tertiary/aromatic N) is 4. The molecule has 1 saturated heterocycles. The fourth-order valence-electron chi connectivity index (χ4n) is 3.61. The first kappa shape index (κ1) is 17.4. The van der Waals surface area contributed by atoms with Crippen molar-refractivity contribution in [2.24, 2.45) is 10.9 Å². The van der Waals surface area contributed by atoms with Crippen molar-refractivity contribution < 1.29 is 14.3 Å². The fourth-order valence-corrected chi connectivity index (χ4v) is 3.61. The Morgan fingerprint density at radius 3 is 2.93 bits per heavy atom. The highest BCUT2D eigenvalue weighted by atomic mass is 16.5. The third-order valence-corrected chi connectivity index (χ3v) is 4.87. The van der Waals surface area contributed by atoms with Crippen LogP contribution in [0.1, 0.15) is 19.4 Å². The maximum Gasteiger partial charge on any atom is 0.249 e. The van der Waals surface area contributed by atoms with Gasteiger partial charge in [-0.05, 0) is 18.1 Å². The Bertz CT molecular complexity index is 876. The highest BCUT2D eigenvalue weighted by Gasteiger charge is 2.41. The summed E-state index contributed by atoms with van der Waals surface area (Å²) >= 11 is 0. The molecule has 1 aromatic carbocycles. The lowest BCUT2D eigenvalue weighted by atomic mass is 10.0. The van der Waals surface area contributed by atoms with Crippen molar-refractivity contribution in [3.8, 4) is 11.5 Å². The Balaban J connectivity index is 1.58. The van der Waals surface area contributed by atoms with Crippen LogP contribution in [0.3, 0.4) is 0 Å². The van der Waals surface area contributed by atoms with E-state index in [1.54, 1.807) is 19.6 Å². The van der Waals surface area contributed by atoms with E-state index in [-0.39, 0.29) is 17.9 Å². The van der Waals surface area contributed by atoms with E-state index in [9.17, 15) is 4.79 Å². The summed E-state index contributed by atoms with van der Waals surface area (Å²) in [6, 6.07) is 3.54. The van der Waals surface area contributed by atoms with Crippen molar-refractivity contribution in [3.05, 3.63) is 36.4 Å². The van der Waals surface area contributed by atoms with Gasteiger partial charge < -0.3 is 18.9 Å². The number of rotatable bonds is 6. The predicted molar refractivity (Wildman–Crippen MR) is 100 cm³/mol. The minimum Gasteiger partial charge on any atom is -0.492 e. The molecule has 0 spiro atoms. The van der Waals surface area contributed by atoms with E-state index in [4.69, 9.17) is 9.47 Å². The molecule has 142 valence electrons. The molecule has 0 saturated carbocycles. The fraction of sp³-hybridized carbons (Fsp3) is 0.421. The topological polar surface area (TPSA) is 81.0 Å². The van der Waals surface area contributed by atoms with Gasteiger partial charge in [-0.3, -0.25) is 10.1 Å². The van der Waals surface area contributed by atoms with Crippen LogP contribution in [0.25, 0.3) is 0 Å². The van der Waals surface area contributed by atoms with E-state index >= 15 is 0 Å². The predicted octanol–water partition coefficient (Wildman–Crippen LogP) is 1.93. The average molecular weight is 369 g/mol. The average Bonchev–Trinajstić information content (AvgIpc) is 3.26. The van der Waals surface area contributed by atoms with E-state index in [1.165, 1.54) is 0 Å². The molecule has 2 aliphatic rings. The highest BCUT2D eigenvalue weighted by Crippen LogP contribution is 2.41. The molecular weight excluding hydrogens is 346 g/mol. The lowest BCUT2D eigenvalue weighted by Gasteiger charge is -2.30.